The monoisotopic (exact) mass is 326 g/mol. The van der Waals surface area contributed by atoms with Crippen LogP contribution in [0, 0.1) is 0 Å². The van der Waals surface area contributed by atoms with Crippen molar-refractivity contribution in [3.05, 3.63) is 24.3 Å². The Bertz CT molecular complexity index is 280. The summed E-state index contributed by atoms with van der Waals surface area (Å²) in [6.45, 7) is 2.24. The highest BCUT2D eigenvalue weighted by Gasteiger charge is 1.98. The Hall–Kier alpha value is -1.05. The zero-order chi connectivity index (χ0) is 15.6. The average molecular weight is 327 g/mol. The van der Waals surface area contributed by atoms with Crippen molar-refractivity contribution in [1.82, 2.24) is 0 Å². The molecule has 0 saturated heterocycles. The van der Waals surface area contributed by atoms with Gasteiger partial charge in [0.2, 0.25) is 0 Å². The molecule has 0 aromatic heterocycles. The third-order valence-corrected chi connectivity index (χ3v) is 3.56. The van der Waals surface area contributed by atoms with E-state index in [0.29, 0.717) is 6.42 Å². The summed E-state index contributed by atoms with van der Waals surface area (Å²) in [5.74, 6) is -0.0827. The predicted molar refractivity (Wildman–Crippen MR) is 105 cm³/mol. The van der Waals surface area contributed by atoms with Crippen LogP contribution in [-0.2, 0) is 9.53 Å². The molecule has 0 aliphatic carbocycles. The van der Waals surface area contributed by atoms with Gasteiger partial charge in [0.05, 0.1) is 7.11 Å². The Morgan fingerprint density at radius 3 is 1.87 bits per heavy atom. The Kier molecular flexibility index (Phi) is 27.1. The van der Waals surface area contributed by atoms with Crippen LogP contribution in [0.3, 0.4) is 0 Å². The molecule has 0 fully saturated rings. The van der Waals surface area contributed by atoms with E-state index in [1.807, 2.05) is 0 Å². The van der Waals surface area contributed by atoms with E-state index in [2.05, 4.69) is 36.0 Å². The van der Waals surface area contributed by atoms with Crippen LogP contribution in [0.2, 0.25) is 0 Å². The molecule has 0 N–H and O–H groups in total. The number of carbonyl (C=O) groups is 1. The molecule has 0 amide bonds. The second-order valence-corrected chi connectivity index (χ2v) is 5.56. The SMILES string of the molecule is C.C.CCCCC/C=C\C/C=C\CCCCCCCC(=O)OC. The van der Waals surface area contributed by atoms with Crippen LogP contribution in [0.4, 0.5) is 0 Å². The van der Waals surface area contributed by atoms with Gasteiger partial charge in [-0.2, -0.15) is 0 Å². The second kappa shape index (κ2) is 23.2. The van der Waals surface area contributed by atoms with Crippen LogP contribution >= 0.6 is 0 Å². The molecule has 0 spiro atoms. The number of allylic oxidation sites excluding steroid dienone is 4. The van der Waals surface area contributed by atoms with Gasteiger partial charge in [0.15, 0.2) is 0 Å². The molecule has 0 aromatic carbocycles. The minimum atomic E-state index is -0.0827. The van der Waals surface area contributed by atoms with Crippen molar-refractivity contribution in [3.8, 4) is 0 Å². The van der Waals surface area contributed by atoms with E-state index in [0.717, 1.165) is 19.3 Å². The first-order valence-electron chi connectivity index (χ1n) is 8.68. The van der Waals surface area contributed by atoms with Crippen LogP contribution in [-0.4, -0.2) is 13.1 Å². The Morgan fingerprint density at radius 2 is 1.30 bits per heavy atom. The van der Waals surface area contributed by atoms with Crippen molar-refractivity contribution in [2.24, 2.45) is 0 Å². The molecule has 0 aliphatic heterocycles. The number of methoxy groups -OCH3 is 1. The third kappa shape index (κ3) is 23.3. The van der Waals surface area contributed by atoms with Gasteiger partial charge >= 0.3 is 5.97 Å². The topological polar surface area (TPSA) is 26.3 Å². The summed E-state index contributed by atoms with van der Waals surface area (Å²) in [6.07, 6.45) is 23.0. The van der Waals surface area contributed by atoms with Crippen molar-refractivity contribution in [1.29, 1.82) is 0 Å². The lowest BCUT2D eigenvalue weighted by Crippen LogP contribution is -1.98. The minimum Gasteiger partial charge on any atom is -0.469 e. The fourth-order valence-corrected chi connectivity index (χ4v) is 2.18. The maximum Gasteiger partial charge on any atom is 0.305 e. The molecular weight excluding hydrogens is 284 g/mol. The van der Waals surface area contributed by atoms with Gasteiger partial charge in [-0.3, -0.25) is 4.79 Å². The first kappa shape index (κ1) is 26.8. The van der Waals surface area contributed by atoms with Gasteiger partial charge in [0.25, 0.3) is 0 Å². The van der Waals surface area contributed by atoms with Crippen LogP contribution in [0.15, 0.2) is 24.3 Å². The van der Waals surface area contributed by atoms with Crippen molar-refractivity contribution in [3.63, 3.8) is 0 Å². The zero-order valence-electron chi connectivity index (χ0n) is 14.1. The molecular formula is C21H42O2. The van der Waals surface area contributed by atoms with Crippen molar-refractivity contribution in [2.75, 3.05) is 7.11 Å². The number of esters is 1. The Labute approximate surface area is 146 Å². The lowest BCUT2D eigenvalue weighted by Gasteiger charge is -1.99. The molecule has 0 bridgehead atoms. The molecule has 0 saturated carbocycles. The summed E-state index contributed by atoms with van der Waals surface area (Å²) in [4.78, 5) is 10.9. The summed E-state index contributed by atoms with van der Waals surface area (Å²) in [5, 5.41) is 0. The third-order valence-electron chi connectivity index (χ3n) is 3.56. The van der Waals surface area contributed by atoms with Crippen molar-refractivity contribution >= 4 is 5.97 Å². The van der Waals surface area contributed by atoms with Crippen LogP contribution < -0.4 is 0 Å². The van der Waals surface area contributed by atoms with E-state index in [1.165, 1.54) is 58.5 Å². The van der Waals surface area contributed by atoms with E-state index in [-0.39, 0.29) is 20.8 Å². The zero-order valence-corrected chi connectivity index (χ0v) is 14.1. The van der Waals surface area contributed by atoms with E-state index < -0.39 is 0 Å². The van der Waals surface area contributed by atoms with Crippen molar-refractivity contribution in [2.45, 2.75) is 98.8 Å². The van der Waals surface area contributed by atoms with Gasteiger partial charge in [-0.25, -0.2) is 0 Å². The summed E-state index contributed by atoms with van der Waals surface area (Å²) in [7, 11) is 1.45. The van der Waals surface area contributed by atoms with Gasteiger partial charge in [-0.1, -0.05) is 78.2 Å². The Balaban J connectivity index is -0.00000200. The van der Waals surface area contributed by atoms with E-state index in [9.17, 15) is 4.79 Å². The van der Waals surface area contributed by atoms with E-state index in [4.69, 9.17) is 0 Å². The second-order valence-electron chi connectivity index (χ2n) is 5.56. The quantitative estimate of drug-likeness (QED) is 0.191. The molecule has 0 aliphatic rings. The fourth-order valence-electron chi connectivity index (χ4n) is 2.18. The number of hydrogen-bond acceptors (Lipinski definition) is 2. The fraction of sp³-hybridized carbons (Fsp3) is 0.762. The number of rotatable bonds is 14. The first-order chi connectivity index (χ1) is 10.3. The largest absolute Gasteiger partial charge is 0.469 e. The minimum absolute atomic E-state index is 0. The summed E-state index contributed by atoms with van der Waals surface area (Å²) < 4.78 is 4.62. The normalized spacial score (nSPS) is 10.5. The smallest absolute Gasteiger partial charge is 0.305 e. The van der Waals surface area contributed by atoms with Crippen molar-refractivity contribution < 1.29 is 9.53 Å². The molecule has 0 unspecified atom stereocenters. The van der Waals surface area contributed by atoms with E-state index in [1.54, 1.807) is 0 Å². The summed E-state index contributed by atoms with van der Waals surface area (Å²) in [6, 6.07) is 0. The number of unbranched alkanes of at least 4 members (excludes halogenated alkanes) is 8. The highest BCUT2D eigenvalue weighted by molar-refractivity contribution is 5.68. The van der Waals surface area contributed by atoms with Gasteiger partial charge in [0, 0.05) is 6.42 Å². The highest BCUT2D eigenvalue weighted by Crippen LogP contribution is 2.08. The molecule has 0 radical (unpaired) electrons. The summed E-state index contributed by atoms with van der Waals surface area (Å²) >= 11 is 0. The Morgan fingerprint density at radius 1 is 0.783 bits per heavy atom. The van der Waals surface area contributed by atoms with Crippen LogP contribution in [0.1, 0.15) is 98.8 Å². The van der Waals surface area contributed by atoms with Gasteiger partial charge in [-0.15, -0.1) is 0 Å². The number of hydrogen-bond donors (Lipinski definition) is 0. The molecule has 2 heteroatoms. The molecule has 0 rings (SSSR count). The molecule has 0 heterocycles. The van der Waals surface area contributed by atoms with Gasteiger partial charge in [-0.05, 0) is 38.5 Å². The standard InChI is InChI=1S/C19H34O2.2CH4/c1-3-4-5-6-7-8-9-10-11-12-13-14-15-16-17-18-19(20)21-2;;/h7-8,10-11H,3-6,9,12-18H2,1-2H3;2*1H4/b8-7-,11-10-;;. The van der Waals surface area contributed by atoms with E-state index >= 15 is 0 Å². The van der Waals surface area contributed by atoms with Gasteiger partial charge in [0.1, 0.15) is 0 Å². The highest BCUT2D eigenvalue weighted by atomic mass is 16.5. The van der Waals surface area contributed by atoms with Gasteiger partial charge < -0.3 is 4.74 Å². The maximum atomic E-state index is 10.9. The lowest BCUT2D eigenvalue weighted by atomic mass is 10.1. The average Bonchev–Trinajstić information content (AvgIpc) is 2.50. The van der Waals surface area contributed by atoms with Crippen LogP contribution in [0.25, 0.3) is 0 Å². The number of ether oxygens (including phenoxy) is 1. The molecule has 138 valence electrons. The molecule has 2 nitrogen and oxygen atoms in total. The molecule has 0 aromatic rings. The maximum absolute atomic E-state index is 10.9. The lowest BCUT2D eigenvalue weighted by molar-refractivity contribution is -0.140. The first-order valence-corrected chi connectivity index (χ1v) is 8.68. The summed E-state index contributed by atoms with van der Waals surface area (Å²) in [5.41, 5.74) is 0. The molecule has 23 heavy (non-hydrogen) atoms. The molecule has 0 atom stereocenters. The van der Waals surface area contributed by atoms with Crippen LogP contribution in [0.5, 0.6) is 0 Å². The predicted octanol–water partition coefficient (Wildman–Crippen LogP) is 7.25. The number of carbonyl (C=O) groups excluding carboxylic acids is 1.